The highest BCUT2D eigenvalue weighted by Crippen LogP contribution is 2.39. The van der Waals surface area contributed by atoms with Crippen LogP contribution in [-0.2, 0) is 4.74 Å². The van der Waals surface area contributed by atoms with E-state index in [-0.39, 0.29) is 34.1 Å². The Morgan fingerprint density at radius 3 is 2.83 bits per heavy atom. The molecule has 1 N–H and O–H groups in total. The van der Waals surface area contributed by atoms with Gasteiger partial charge in [0, 0.05) is 17.2 Å². The van der Waals surface area contributed by atoms with Gasteiger partial charge in [-0.05, 0) is 32.0 Å². The summed E-state index contributed by atoms with van der Waals surface area (Å²) in [6.07, 6.45) is 0. The van der Waals surface area contributed by atoms with E-state index >= 15 is 0 Å². The second kappa shape index (κ2) is 9.23. The molecule has 7 nitrogen and oxygen atoms in total. The van der Waals surface area contributed by atoms with Crippen LogP contribution in [0.2, 0.25) is 0 Å². The summed E-state index contributed by atoms with van der Waals surface area (Å²) >= 11 is 0.997. The summed E-state index contributed by atoms with van der Waals surface area (Å²) in [5.41, 5.74) is 4.05. The van der Waals surface area contributed by atoms with E-state index in [1.807, 2.05) is 18.2 Å². The monoisotopic (exact) mass is 514 g/mol. The average molecular weight is 515 g/mol. The van der Waals surface area contributed by atoms with Crippen molar-refractivity contribution < 1.29 is 27.4 Å². The number of rotatable bonds is 6. The number of carbonyl (C=O) groups excluding carboxylic acids is 1. The standard InChI is InChI=1S/C25H21F3N4O3S/c1-4-34-14(3)22-23(24(33)30-31-9-10-35-19-8-6-5-7-18(19)31)36-25-20(13(2)29-32(22)25)16-11-15(26)12-17(27)21(16)28/h5-8,11-12H,3-4,9-10H2,1-2H3,(H,30,33). The third-order valence-corrected chi connectivity index (χ3v) is 6.81. The number of aryl methyl sites for hydroxylation is 1. The molecule has 1 aliphatic rings. The summed E-state index contributed by atoms with van der Waals surface area (Å²) in [5.74, 6) is -3.12. The molecule has 4 aromatic rings. The lowest BCUT2D eigenvalue weighted by Gasteiger charge is -2.31. The zero-order chi connectivity index (χ0) is 25.6. The van der Waals surface area contributed by atoms with Crippen LogP contribution in [0.15, 0.2) is 43.0 Å². The van der Waals surface area contributed by atoms with Gasteiger partial charge in [0.1, 0.15) is 39.3 Å². The van der Waals surface area contributed by atoms with E-state index in [1.165, 1.54) is 4.52 Å². The molecule has 186 valence electrons. The molecule has 0 fully saturated rings. The molecule has 36 heavy (non-hydrogen) atoms. The number of para-hydroxylation sites is 2. The fourth-order valence-electron chi connectivity index (χ4n) is 4.14. The van der Waals surface area contributed by atoms with Crippen LogP contribution >= 0.6 is 11.3 Å². The topological polar surface area (TPSA) is 68.1 Å². The second-order valence-corrected chi connectivity index (χ2v) is 8.97. The Hall–Kier alpha value is -3.99. The van der Waals surface area contributed by atoms with Gasteiger partial charge in [-0.25, -0.2) is 17.7 Å². The summed E-state index contributed by atoms with van der Waals surface area (Å²) in [4.78, 5) is 14.0. The highest BCUT2D eigenvalue weighted by atomic mass is 32.1. The van der Waals surface area contributed by atoms with Gasteiger partial charge in [-0.15, -0.1) is 11.3 Å². The van der Waals surface area contributed by atoms with Crippen molar-refractivity contribution >= 4 is 33.5 Å². The average Bonchev–Trinajstić information content (AvgIpc) is 3.36. The molecule has 0 saturated carbocycles. The molecule has 0 bridgehead atoms. The van der Waals surface area contributed by atoms with Crippen molar-refractivity contribution in [2.24, 2.45) is 0 Å². The van der Waals surface area contributed by atoms with Crippen molar-refractivity contribution in [3.8, 4) is 16.9 Å². The van der Waals surface area contributed by atoms with Gasteiger partial charge in [0.25, 0.3) is 5.91 Å². The highest BCUT2D eigenvalue weighted by molar-refractivity contribution is 7.20. The minimum absolute atomic E-state index is 0.177. The number of carbonyl (C=O) groups is 1. The fraction of sp³-hybridized carbons (Fsp3) is 0.200. The largest absolute Gasteiger partial charge is 0.492 e. The molecular formula is C25H21F3N4O3S. The minimum atomic E-state index is -1.32. The zero-order valence-corrected chi connectivity index (χ0v) is 20.2. The maximum atomic E-state index is 14.7. The molecule has 0 atom stereocenters. The van der Waals surface area contributed by atoms with Crippen molar-refractivity contribution in [2.75, 3.05) is 24.8 Å². The lowest BCUT2D eigenvalue weighted by molar-refractivity contribution is 0.0947. The Morgan fingerprint density at radius 2 is 2.06 bits per heavy atom. The molecule has 1 amide bonds. The molecule has 2 aromatic carbocycles. The second-order valence-electron chi connectivity index (χ2n) is 7.97. The quantitative estimate of drug-likeness (QED) is 0.278. The van der Waals surface area contributed by atoms with Gasteiger partial charge in [0.05, 0.1) is 24.5 Å². The molecule has 0 radical (unpaired) electrons. The van der Waals surface area contributed by atoms with Gasteiger partial charge in [0.15, 0.2) is 11.6 Å². The first kappa shape index (κ1) is 23.7. The molecule has 0 saturated heterocycles. The fourth-order valence-corrected chi connectivity index (χ4v) is 5.35. The SMILES string of the molecule is C=C(OCC)c1c(C(=O)NN2CCOc3ccccc32)sc2c(-c3cc(F)cc(F)c3F)c(C)nn12. The number of hydrogen-bond acceptors (Lipinski definition) is 6. The predicted octanol–water partition coefficient (Wildman–Crippen LogP) is 5.34. The third kappa shape index (κ3) is 3.95. The van der Waals surface area contributed by atoms with Crippen LogP contribution in [0.1, 0.15) is 28.0 Å². The van der Waals surface area contributed by atoms with Crippen molar-refractivity contribution in [1.29, 1.82) is 0 Å². The van der Waals surface area contributed by atoms with Gasteiger partial charge >= 0.3 is 0 Å². The van der Waals surface area contributed by atoms with Crippen LogP contribution in [0.5, 0.6) is 5.75 Å². The van der Waals surface area contributed by atoms with E-state index in [2.05, 4.69) is 17.1 Å². The van der Waals surface area contributed by atoms with Gasteiger partial charge in [-0.3, -0.25) is 15.2 Å². The maximum absolute atomic E-state index is 14.7. The molecule has 3 heterocycles. The number of anilines is 1. The molecule has 11 heteroatoms. The van der Waals surface area contributed by atoms with Crippen molar-refractivity contribution in [3.63, 3.8) is 0 Å². The van der Waals surface area contributed by atoms with Crippen molar-refractivity contribution in [3.05, 3.63) is 76.7 Å². The Bertz CT molecular complexity index is 1510. The molecule has 0 unspecified atom stereocenters. The van der Waals surface area contributed by atoms with Gasteiger partial charge in [-0.1, -0.05) is 18.7 Å². The maximum Gasteiger partial charge on any atom is 0.282 e. The number of nitrogens with one attached hydrogen (secondary N) is 1. The van der Waals surface area contributed by atoms with Crippen molar-refractivity contribution in [1.82, 2.24) is 15.0 Å². The molecule has 0 aliphatic carbocycles. The number of amides is 1. The number of thiazole rings is 1. The molecule has 1 aliphatic heterocycles. The normalized spacial score (nSPS) is 12.9. The number of ether oxygens (including phenoxy) is 2. The number of hydrazine groups is 1. The van der Waals surface area contributed by atoms with Gasteiger partial charge in [0.2, 0.25) is 0 Å². The number of halogens is 3. The Labute approximate surface area is 208 Å². The van der Waals surface area contributed by atoms with Crippen LogP contribution in [-0.4, -0.2) is 35.3 Å². The number of nitrogens with zero attached hydrogens (tertiary/aromatic N) is 3. The molecular weight excluding hydrogens is 493 g/mol. The van der Waals surface area contributed by atoms with Crippen LogP contribution < -0.4 is 15.2 Å². The van der Waals surface area contributed by atoms with Crippen molar-refractivity contribution in [2.45, 2.75) is 13.8 Å². The summed E-state index contributed by atoms with van der Waals surface area (Å²) in [6.45, 7) is 8.36. The number of fused-ring (bicyclic) bond motifs is 2. The Kier molecular flexibility index (Phi) is 6.09. The Morgan fingerprint density at radius 1 is 1.28 bits per heavy atom. The van der Waals surface area contributed by atoms with E-state index in [4.69, 9.17) is 9.47 Å². The van der Waals surface area contributed by atoms with E-state index < -0.39 is 23.4 Å². The molecule has 5 rings (SSSR count). The number of hydrogen-bond donors (Lipinski definition) is 1. The van der Waals surface area contributed by atoms with E-state index in [0.717, 1.165) is 17.4 Å². The summed E-state index contributed by atoms with van der Waals surface area (Å²) < 4.78 is 55.4. The smallest absolute Gasteiger partial charge is 0.282 e. The number of aromatic nitrogens is 2. The van der Waals surface area contributed by atoms with Crippen LogP contribution in [0.4, 0.5) is 18.9 Å². The first-order valence-corrected chi connectivity index (χ1v) is 11.9. The van der Waals surface area contributed by atoms with E-state index in [0.29, 0.717) is 41.2 Å². The van der Waals surface area contributed by atoms with Gasteiger partial charge < -0.3 is 9.47 Å². The third-order valence-electron chi connectivity index (χ3n) is 5.66. The summed E-state index contributed by atoms with van der Waals surface area (Å²) in [6, 6.07) is 8.67. The van der Waals surface area contributed by atoms with E-state index in [9.17, 15) is 18.0 Å². The number of benzene rings is 2. The van der Waals surface area contributed by atoms with Crippen LogP contribution in [0.3, 0.4) is 0 Å². The lowest BCUT2D eigenvalue weighted by Crippen LogP contribution is -2.46. The first-order chi connectivity index (χ1) is 17.3. The minimum Gasteiger partial charge on any atom is -0.492 e. The zero-order valence-electron chi connectivity index (χ0n) is 19.4. The summed E-state index contributed by atoms with van der Waals surface area (Å²) in [7, 11) is 0. The van der Waals surface area contributed by atoms with Crippen LogP contribution in [0, 0.1) is 24.4 Å². The molecule has 0 spiro atoms. The first-order valence-electron chi connectivity index (χ1n) is 11.1. The predicted molar refractivity (Wildman–Crippen MR) is 131 cm³/mol. The summed E-state index contributed by atoms with van der Waals surface area (Å²) in [5, 5.41) is 6.11. The highest BCUT2D eigenvalue weighted by Gasteiger charge is 2.30. The van der Waals surface area contributed by atoms with E-state index in [1.54, 1.807) is 24.9 Å². The van der Waals surface area contributed by atoms with Crippen LogP contribution in [0.25, 0.3) is 21.7 Å². The Balaban J connectivity index is 1.63. The molecule has 2 aromatic heterocycles. The lowest BCUT2D eigenvalue weighted by atomic mass is 10.1. The van der Waals surface area contributed by atoms with Gasteiger partial charge in [-0.2, -0.15) is 5.10 Å².